The smallest absolute Gasteiger partial charge is 0.255 e. The maximum Gasteiger partial charge on any atom is 0.255 e. The molecule has 1 saturated heterocycles. The summed E-state index contributed by atoms with van der Waals surface area (Å²) in [7, 11) is 0. The van der Waals surface area contributed by atoms with E-state index in [1.165, 1.54) is 0 Å². The third kappa shape index (κ3) is 2.62. The van der Waals surface area contributed by atoms with Crippen LogP contribution in [-0.2, 0) is 4.74 Å². The van der Waals surface area contributed by atoms with Gasteiger partial charge in [0.15, 0.2) is 0 Å². The molecule has 1 aromatic carbocycles. The number of hydrogen-bond acceptors (Lipinski definition) is 4. The molecule has 0 aliphatic carbocycles. The van der Waals surface area contributed by atoms with E-state index in [1.54, 1.807) is 0 Å². The molecular weight excluding hydrogens is 266 g/mol. The second-order valence-electron chi connectivity index (χ2n) is 5.29. The maximum atomic E-state index is 12.9. The molecule has 1 fully saturated rings. The molecule has 2 N–H and O–H groups in total. The summed E-state index contributed by atoms with van der Waals surface area (Å²) in [4.78, 5) is 19.2. The fraction of sp³-hybridized carbons (Fsp3) is 0.375. The van der Waals surface area contributed by atoms with Gasteiger partial charge in [-0.1, -0.05) is 18.2 Å². The molecule has 3 rings (SSSR count). The van der Waals surface area contributed by atoms with Gasteiger partial charge in [-0.2, -0.15) is 0 Å². The molecule has 110 valence electrons. The number of hydrogen-bond donors (Lipinski definition) is 1. The number of nitrogens with two attached hydrogens (primary N) is 1. The summed E-state index contributed by atoms with van der Waals surface area (Å²) in [6.07, 6.45) is 0. The van der Waals surface area contributed by atoms with E-state index in [1.807, 2.05) is 42.2 Å². The normalized spacial score (nSPS) is 19.0. The number of morpholine rings is 1. The van der Waals surface area contributed by atoms with Crippen LogP contribution in [0.25, 0.3) is 10.9 Å². The summed E-state index contributed by atoms with van der Waals surface area (Å²) in [5.74, 6) is 0.00968. The largest absolute Gasteiger partial charge is 0.377 e. The average Bonchev–Trinajstić information content (AvgIpc) is 2.53. The molecule has 1 unspecified atom stereocenters. The summed E-state index contributed by atoms with van der Waals surface area (Å²) >= 11 is 0. The molecule has 1 aromatic heterocycles. The summed E-state index contributed by atoms with van der Waals surface area (Å²) in [6, 6.07) is 9.52. The molecule has 2 heterocycles. The standard InChI is InChI=1S/C16H19N3O2/c1-11-8-14(13-4-2-3-5-15(13)18-11)16(20)19-6-7-21-10-12(19)9-17/h2-5,8,12H,6-7,9-10,17H2,1H3. The van der Waals surface area contributed by atoms with Gasteiger partial charge in [-0.3, -0.25) is 9.78 Å². The van der Waals surface area contributed by atoms with E-state index in [0.29, 0.717) is 31.9 Å². The van der Waals surface area contributed by atoms with Crippen molar-refractivity contribution in [2.45, 2.75) is 13.0 Å². The maximum absolute atomic E-state index is 12.9. The molecule has 0 saturated carbocycles. The van der Waals surface area contributed by atoms with Crippen LogP contribution in [0.5, 0.6) is 0 Å². The summed E-state index contributed by atoms with van der Waals surface area (Å²) in [6.45, 7) is 3.96. The molecule has 0 radical (unpaired) electrons. The summed E-state index contributed by atoms with van der Waals surface area (Å²) in [5, 5.41) is 0.885. The van der Waals surface area contributed by atoms with Crippen molar-refractivity contribution in [2.75, 3.05) is 26.3 Å². The van der Waals surface area contributed by atoms with Crippen LogP contribution in [0.3, 0.4) is 0 Å². The predicted molar refractivity (Wildman–Crippen MR) is 81.2 cm³/mol. The fourth-order valence-electron chi connectivity index (χ4n) is 2.76. The fourth-order valence-corrected chi connectivity index (χ4v) is 2.76. The zero-order valence-corrected chi connectivity index (χ0v) is 12.1. The van der Waals surface area contributed by atoms with Crippen LogP contribution in [0.4, 0.5) is 0 Å². The second-order valence-corrected chi connectivity index (χ2v) is 5.29. The molecule has 21 heavy (non-hydrogen) atoms. The number of nitrogens with zero attached hydrogens (tertiary/aromatic N) is 2. The molecule has 1 aliphatic heterocycles. The monoisotopic (exact) mass is 285 g/mol. The minimum atomic E-state index is -0.0570. The molecule has 1 atom stereocenters. The average molecular weight is 285 g/mol. The van der Waals surface area contributed by atoms with Crippen LogP contribution < -0.4 is 5.73 Å². The van der Waals surface area contributed by atoms with Crippen molar-refractivity contribution in [3.63, 3.8) is 0 Å². The summed E-state index contributed by atoms with van der Waals surface area (Å²) < 4.78 is 5.41. The number of pyridine rings is 1. The second kappa shape index (κ2) is 5.79. The SMILES string of the molecule is Cc1cc(C(=O)N2CCOCC2CN)c2ccccc2n1. The van der Waals surface area contributed by atoms with E-state index in [0.717, 1.165) is 16.6 Å². The van der Waals surface area contributed by atoms with Gasteiger partial charge < -0.3 is 15.4 Å². The Labute approximate surface area is 123 Å². The molecule has 1 aliphatic rings. The number of aryl methyl sites for hydroxylation is 1. The third-order valence-corrected chi connectivity index (χ3v) is 3.84. The van der Waals surface area contributed by atoms with Gasteiger partial charge in [-0.05, 0) is 19.1 Å². The lowest BCUT2D eigenvalue weighted by atomic mass is 10.1. The van der Waals surface area contributed by atoms with E-state index in [2.05, 4.69) is 4.98 Å². The van der Waals surface area contributed by atoms with E-state index in [9.17, 15) is 4.79 Å². The van der Waals surface area contributed by atoms with Crippen LogP contribution in [0, 0.1) is 6.92 Å². The van der Waals surface area contributed by atoms with Crippen LogP contribution in [0.15, 0.2) is 30.3 Å². The van der Waals surface area contributed by atoms with E-state index in [-0.39, 0.29) is 11.9 Å². The van der Waals surface area contributed by atoms with E-state index >= 15 is 0 Å². The molecule has 2 aromatic rings. The van der Waals surface area contributed by atoms with Gasteiger partial charge in [-0.15, -0.1) is 0 Å². The lowest BCUT2D eigenvalue weighted by Crippen LogP contribution is -2.52. The highest BCUT2D eigenvalue weighted by molar-refractivity contribution is 6.06. The number of carbonyl (C=O) groups excluding carboxylic acids is 1. The van der Waals surface area contributed by atoms with Crippen molar-refractivity contribution in [1.82, 2.24) is 9.88 Å². The van der Waals surface area contributed by atoms with Gasteiger partial charge in [0.05, 0.1) is 30.3 Å². The molecule has 5 nitrogen and oxygen atoms in total. The van der Waals surface area contributed by atoms with Gasteiger partial charge in [0, 0.05) is 24.2 Å². The molecular formula is C16H19N3O2. The Morgan fingerprint density at radius 1 is 1.48 bits per heavy atom. The first-order chi connectivity index (χ1) is 10.2. The van der Waals surface area contributed by atoms with Crippen molar-refractivity contribution >= 4 is 16.8 Å². The Balaban J connectivity index is 2.04. The van der Waals surface area contributed by atoms with Crippen LogP contribution >= 0.6 is 0 Å². The van der Waals surface area contributed by atoms with Crippen molar-refractivity contribution in [1.29, 1.82) is 0 Å². The van der Waals surface area contributed by atoms with Gasteiger partial charge >= 0.3 is 0 Å². The lowest BCUT2D eigenvalue weighted by molar-refractivity contribution is 0.000940. The van der Waals surface area contributed by atoms with Gasteiger partial charge in [0.2, 0.25) is 0 Å². The minimum absolute atomic E-state index is 0.00968. The Bertz CT molecular complexity index is 672. The zero-order valence-electron chi connectivity index (χ0n) is 12.1. The lowest BCUT2D eigenvalue weighted by Gasteiger charge is -2.35. The van der Waals surface area contributed by atoms with E-state index < -0.39 is 0 Å². The van der Waals surface area contributed by atoms with Crippen molar-refractivity contribution in [3.05, 3.63) is 41.6 Å². The zero-order chi connectivity index (χ0) is 14.8. The summed E-state index contributed by atoms with van der Waals surface area (Å²) in [5.41, 5.74) is 8.15. The Morgan fingerprint density at radius 3 is 3.10 bits per heavy atom. The van der Waals surface area contributed by atoms with Gasteiger partial charge in [0.25, 0.3) is 5.91 Å². The van der Waals surface area contributed by atoms with Gasteiger partial charge in [-0.25, -0.2) is 0 Å². The highest BCUT2D eigenvalue weighted by Gasteiger charge is 2.28. The highest BCUT2D eigenvalue weighted by atomic mass is 16.5. The van der Waals surface area contributed by atoms with Crippen LogP contribution in [0.2, 0.25) is 0 Å². The number of fused-ring (bicyclic) bond motifs is 1. The Morgan fingerprint density at radius 2 is 2.29 bits per heavy atom. The predicted octanol–water partition coefficient (Wildman–Crippen LogP) is 1.34. The third-order valence-electron chi connectivity index (χ3n) is 3.84. The number of rotatable bonds is 2. The quantitative estimate of drug-likeness (QED) is 0.904. The number of amides is 1. The van der Waals surface area contributed by atoms with Gasteiger partial charge in [0.1, 0.15) is 0 Å². The first kappa shape index (κ1) is 14.0. The molecule has 0 spiro atoms. The number of aromatic nitrogens is 1. The molecule has 5 heteroatoms. The highest BCUT2D eigenvalue weighted by Crippen LogP contribution is 2.21. The Kier molecular flexibility index (Phi) is 3.86. The van der Waals surface area contributed by atoms with Crippen molar-refractivity contribution < 1.29 is 9.53 Å². The van der Waals surface area contributed by atoms with Crippen LogP contribution in [0.1, 0.15) is 16.1 Å². The number of para-hydroxylation sites is 1. The Hall–Kier alpha value is -1.98. The minimum Gasteiger partial charge on any atom is -0.377 e. The van der Waals surface area contributed by atoms with Crippen molar-refractivity contribution in [3.8, 4) is 0 Å². The molecule has 1 amide bonds. The number of ether oxygens (including phenoxy) is 1. The number of carbonyl (C=O) groups is 1. The molecule has 0 bridgehead atoms. The first-order valence-corrected chi connectivity index (χ1v) is 7.16. The van der Waals surface area contributed by atoms with Crippen molar-refractivity contribution in [2.24, 2.45) is 5.73 Å². The van der Waals surface area contributed by atoms with E-state index in [4.69, 9.17) is 10.5 Å². The first-order valence-electron chi connectivity index (χ1n) is 7.16. The number of benzene rings is 1. The topological polar surface area (TPSA) is 68.5 Å². The van der Waals surface area contributed by atoms with Crippen LogP contribution in [-0.4, -0.2) is 48.1 Å².